The second-order valence-electron chi connectivity index (χ2n) is 4.70. The van der Waals surface area contributed by atoms with Crippen LogP contribution >= 0.6 is 0 Å². The highest BCUT2D eigenvalue weighted by Gasteiger charge is 2.29. The fraction of sp³-hybridized carbons (Fsp3) is 0.357. The van der Waals surface area contributed by atoms with Gasteiger partial charge in [0.2, 0.25) is 0 Å². The lowest BCUT2D eigenvalue weighted by molar-refractivity contribution is 0.0625. The Labute approximate surface area is 100 Å². The standard InChI is InChI=1S/C14H16N2O/c17-14(11-7-4-8-11)12-9-15-16-13(12)10-5-2-1-3-6-10/h1-3,5-6,9,11,14,17H,4,7-8H2,(H,15,16). The van der Waals surface area contributed by atoms with Crippen molar-refractivity contribution >= 4 is 0 Å². The number of hydrogen-bond donors (Lipinski definition) is 2. The number of benzene rings is 1. The second kappa shape index (κ2) is 4.34. The molecule has 1 heterocycles. The summed E-state index contributed by atoms with van der Waals surface area (Å²) in [5.41, 5.74) is 2.96. The van der Waals surface area contributed by atoms with E-state index in [9.17, 15) is 5.11 Å². The van der Waals surface area contributed by atoms with E-state index in [0.717, 1.165) is 29.7 Å². The average molecular weight is 228 g/mol. The van der Waals surface area contributed by atoms with E-state index in [-0.39, 0.29) is 6.10 Å². The molecule has 17 heavy (non-hydrogen) atoms. The molecule has 0 spiro atoms. The molecule has 1 unspecified atom stereocenters. The maximum atomic E-state index is 10.3. The predicted molar refractivity (Wildman–Crippen MR) is 66.3 cm³/mol. The number of aliphatic hydroxyl groups excluding tert-OH is 1. The van der Waals surface area contributed by atoms with Crippen molar-refractivity contribution < 1.29 is 5.11 Å². The Balaban J connectivity index is 1.93. The zero-order valence-corrected chi connectivity index (χ0v) is 9.63. The van der Waals surface area contributed by atoms with E-state index in [0.29, 0.717) is 5.92 Å². The number of nitrogens with one attached hydrogen (secondary N) is 1. The number of rotatable bonds is 3. The van der Waals surface area contributed by atoms with Crippen LogP contribution in [-0.4, -0.2) is 15.3 Å². The molecule has 1 aliphatic carbocycles. The SMILES string of the molecule is OC(c1cn[nH]c1-c1ccccc1)C1CCC1. The molecule has 3 nitrogen and oxygen atoms in total. The first-order valence-electron chi connectivity index (χ1n) is 6.13. The van der Waals surface area contributed by atoms with Gasteiger partial charge in [0.15, 0.2) is 0 Å². The summed E-state index contributed by atoms with van der Waals surface area (Å²) in [7, 11) is 0. The molecule has 1 aliphatic rings. The molecule has 0 saturated heterocycles. The summed E-state index contributed by atoms with van der Waals surface area (Å²) in [6.45, 7) is 0. The van der Waals surface area contributed by atoms with Crippen LogP contribution in [0, 0.1) is 5.92 Å². The Hall–Kier alpha value is -1.61. The molecule has 0 radical (unpaired) electrons. The lowest BCUT2D eigenvalue weighted by Crippen LogP contribution is -2.20. The summed E-state index contributed by atoms with van der Waals surface area (Å²) in [5.74, 6) is 0.412. The molecule has 1 saturated carbocycles. The fourth-order valence-corrected chi connectivity index (χ4v) is 2.37. The first kappa shape index (κ1) is 10.5. The van der Waals surface area contributed by atoms with Gasteiger partial charge in [-0.1, -0.05) is 36.8 Å². The molecule has 2 N–H and O–H groups in total. The lowest BCUT2D eigenvalue weighted by atomic mass is 9.78. The van der Waals surface area contributed by atoms with Crippen molar-refractivity contribution in [2.45, 2.75) is 25.4 Å². The van der Waals surface area contributed by atoms with Crippen LogP contribution in [0.5, 0.6) is 0 Å². The zero-order chi connectivity index (χ0) is 11.7. The van der Waals surface area contributed by atoms with Gasteiger partial charge in [-0.25, -0.2) is 0 Å². The van der Waals surface area contributed by atoms with E-state index in [2.05, 4.69) is 10.2 Å². The zero-order valence-electron chi connectivity index (χ0n) is 9.63. The van der Waals surface area contributed by atoms with Crippen molar-refractivity contribution in [3.8, 4) is 11.3 Å². The third-order valence-electron chi connectivity index (χ3n) is 3.65. The first-order chi connectivity index (χ1) is 8.36. The summed E-state index contributed by atoms with van der Waals surface area (Å²) < 4.78 is 0. The molecule has 3 heteroatoms. The van der Waals surface area contributed by atoms with Crippen LogP contribution in [0.25, 0.3) is 11.3 Å². The van der Waals surface area contributed by atoms with E-state index in [4.69, 9.17) is 0 Å². The van der Waals surface area contributed by atoms with Gasteiger partial charge in [0.05, 0.1) is 18.0 Å². The smallest absolute Gasteiger partial charge is 0.0854 e. The van der Waals surface area contributed by atoms with Crippen LogP contribution in [-0.2, 0) is 0 Å². The van der Waals surface area contributed by atoms with Crippen LogP contribution in [0.4, 0.5) is 0 Å². The molecule has 3 rings (SSSR count). The number of H-pyrrole nitrogens is 1. The largest absolute Gasteiger partial charge is 0.388 e. The van der Waals surface area contributed by atoms with Gasteiger partial charge in [-0.3, -0.25) is 5.10 Å². The molecule has 1 fully saturated rings. The molecule has 1 atom stereocenters. The van der Waals surface area contributed by atoms with Crippen LogP contribution < -0.4 is 0 Å². The van der Waals surface area contributed by atoms with Crippen molar-refractivity contribution in [2.24, 2.45) is 5.92 Å². The summed E-state index contributed by atoms with van der Waals surface area (Å²) in [6.07, 6.45) is 4.87. The summed E-state index contributed by atoms with van der Waals surface area (Å²) in [5, 5.41) is 17.4. The molecular formula is C14H16N2O. The van der Waals surface area contributed by atoms with Crippen molar-refractivity contribution in [1.82, 2.24) is 10.2 Å². The van der Waals surface area contributed by atoms with Crippen molar-refractivity contribution in [1.29, 1.82) is 0 Å². The first-order valence-corrected chi connectivity index (χ1v) is 6.13. The van der Waals surface area contributed by atoms with E-state index in [1.807, 2.05) is 30.3 Å². The van der Waals surface area contributed by atoms with Gasteiger partial charge in [-0.2, -0.15) is 5.10 Å². The minimum atomic E-state index is -0.377. The molecular weight excluding hydrogens is 212 g/mol. The Morgan fingerprint density at radius 3 is 2.65 bits per heavy atom. The topological polar surface area (TPSA) is 48.9 Å². The van der Waals surface area contributed by atoms with E-state index >= 15 is 0 Å². The highest BCUT2D eigenvalue weighted by molar-refractivity contribution is 5.62. The van der Waals surface area contributed by atoms with Crippen molar-refractivity contribution in [3.63, 3.8) is 0 Å². The van der Waals surface area contributed by atoms with Gasteiger partial charge in [0, 0.05) is 5.56 Å². The lowest BCUT2D eigenvalue weighted by Gasteiger charge is -2.30. The van der Waals surface area contributed by atoms with Gasteiger partial charge in [-0.15, -0.1) is 0 Å². The molecule has 1 aromatic heterocycles. The van der Waals surface area contributed by atoms with Crippen molar-refractivity contribution in [2.75, 3.05) is 0 Å². The van der Waals surface area contributed by atoms with Gasteiger partial charge in [0.1, 0.15) is 0 Å². The van der Waals surface area contributed by atoms with Gasteiger partial charge < -0.3 is 5.11 Å². The number of aromatic amines is 1. The highest BCUT2D eigenvalue weighted by Crippen LogP contribution is 2.40. The summed E-state index contributed by atoms with van der Waals surface area (Å²) in [4.78, 5) is 0. The Bertz CT molecular complexity index is 488. The molecule has 88 valence electrons. The maximum Gasteiger partial charge on any atom is 0.0854 e. The Morgan fingerprint density at radius 1 is 1.24 bits per heavy atom. The minimum absolute atomic E-state index is 0.377. The highest BCUT2D eigenvalue weighted by atomic mass is 16.3. The van der Waals surface area contributed by atoms with Crippen molar-refractivity contribution in [3.05, 3.63) is 42.1 Å². The third kappa shape index (κ3) is 1.87. The quantitative estimate of drug-likeness (QED) is 0.848. The number of aliphatic hydroxyl groups is 1. The van der Waals surface area contributed by atoms with E-state index in [1.165, 1.54) is 6.42 Å². The number of nitrogens with zero attached hydrogens (tertiary/aromatic N) is 1. The molecule has 0 aliphatic heterocycles. The van der Waals surface area contributed by atoms with E-state index in [1.54, 1.807) is 6.20 Å². The monoisotopic (exact) mass is 228 g/mol. The summed E-state index contributed by atoms with van der Waals surface area (Å²) >= 11 is 0. The van der Waals surface area contributed by atoms with Crippen LogP contribution in [0.1, 0.15) is 30.9 Å². The van der Waals surface area contributed by atoms with Crippen LogP contribution in [0.15, 0.2) is 36.5 Å². The molecule has 1 aromatic carbocycles. The Morgan fingerprint density at radius 2 is 2.00 bits per heavy atom. The van der Waals surface area contributed by atoms with Crippen LogP contribution in [0.3, 0.4) is 0 Å². The van der Waals surface area contributed by atoms with E-state index < -0.39 is 0 Å². The fourth-order valence-electron chi connectivity index (χ4n) is 2.37. The normalized spacial score (nSPS) is 17.7. The molecule has 0 bridgehead atoms. The maximum absolute atomic E-state index is 10.3. The number of hydrogen-bond acceptors (Lipinski definition) is 2. The number of aromatic nitrogens is 2. The average Bonchev–Trinajstić information content (AvgIpc) is 2.76. The predicted octanol–water partition coefficient (Wildman–Crippen LogP) is 2.91. The van der Waals surface area contributed by atoms with Gasteiger partial charge in [-0.05, 0) is 24.3 Å². The van der Waals surface area contributed by atoms with Crippen LogP contribution in [0.2, 0.25) is 0 Å². The van der Waals surface area contributed by atoms with Gasteiger partial charge in [0.25, 0.3) is 0 Å². The molecule has 0 amide bonds. The Kier molecular flexibility index (Phi) is 2.69. The minimum Gasteiger partial charge on any atom is -0.388 e. The third-order valence-corrected chi connectivity index (χ3v) is 3.65. The molecule has 2 aromatic rings. The summed E-state index contributed by atoms with van der Waals surface area (Å²) in [6, 6.07) is 10.0. The second-order valence-corrected chi connectivity index (χ2v) is 4.70. The van der Waals surface area contributed by atoms with Gasteiger partial charge >= 0.3 is 0 Å².